The van der Waals surface area contributed by atoms with Crippen molar-refractivity contribution in [2.24, 2.45) is 7.05 Å². The van der Waals surface area contributed by atoms with Crippen LogP contribution in [0.4, 0.5) is 13.2 Å². The second kappa shape index (κ2) is 13.7. The minimum atomic E-state index is -6.09. The molecule has 44 heavy (non-hydrogen) atoms. The van der Waals surface area contributed by atoms with Crippen molar-refractivity contribution in [3.05, 3.63) is 83.9 Å². The topological polar surface area (TPSA) is 153 Å². The van der Waals surface area contributed by atoms with Crippen LogP contribution in [0.15, 0.2) is 77.7 Å². The van der Waals surface area contributed by atoms with Gasteiger partial charge in [0.05, 0.1) is 21.2 Å². The fourth-order valence-electron chi connectivity index (χ4n) is 4.46. The van der Waals surface area contributed by atoms with Crippen LogP contribution in [0.1, 0.15) is 41.6 Å². The van der Waals surface area contributed by atoms with E-state index in [0.29, 0.717) is 35.6 Å². The van der Waals surface area contributed by atoms with E-state index in [4.69, 9.17) is 18.1 Å². The monoisotopic (exact) mass is 654 g/mol. The van der Waals surface area contributed by atoms with Gasteiger partial charge in [-0.25, -0.2) is 21.1 Å². The summed E-state index contributed by atoms with van der Waals surface area (Å²) >= 11 is 0. The molecule has 236 valence electrons. The summed E-state index contributed by atoms with van der Waals surface area (Å²) in [5.74, 6) is -1.49. The Labute approximate surface area is 252 Å². The molecule has 0 spiro atoms. The minimum Gasteiger partial charge on any atom is -0.741 e. The molecule has 0 aliphatic rings. The number of fused-ring (bicyclic) bond motifs is 2. The van der Waals surface area contributed by atoms with Gasteiger partial charge in [-0.3, -0.25) is 9.59 Å². The lowest BCUT2D eigenvalue weighted by atomic mass is 10.0. The Morgan fingerprint density at radius 2 is 1.32 bits per heavy atom. The lowest BCUT2D eigenvalue weighted by Gasteiger charge is -2.24. The fourth-order valence-corrected chi connectivity index (χ4v) is 5.88. The molecule has 0 bridgehead atoms. The number of aliphatic carboxylic acids is 1. The highest BCUT2D eigenvalue weighted by Crippen LogP contribution is 2.29. The summed E-state index contributed by atoms with van der Waals surface area (Å²) in [6.07, 6.45) is 1.27. The zero-order chi connectivity index (χ0) is 32.9. The van der Waals surface area contributed by atoms with E-state index in [-0.39, 0.29) is 17.9 Å². The van der Waals surface area contributed by atoms with Crippen molar-refractivity contribution in [1.82, 2.24) is 4.31 Å². The van der Waals surface area contributed by atoms with Crippen LogP contribution in [0.3, 0.4) is 0 Å². The van der Waals surface area contributed by atoms with Crippen molar-refractivity contribution in [2.75, 3.05) is 6.54 Å². The number of benzene rings is 3. The molecule has 4 rings (SSSR count). The second-order valence-corrected chi connectivity index (χ2v) is 13.0. The van der Waals surface area contributed by atoms with Gasteiger partial charge < -0.3 is 9.66 Å². The first kappa shape index (κ1) is 34.4. The number of para-hydroxylation sites is 2. The second-order valence-electron chi connectivity index (χ2n) is 9.77. The molecule has 0 atom stereocenters. The van der Waals surface area contributed by atoms with Crippen LogP contribution in [-0.2, 0) is 32.0 Å². The van der Waals surface area contributed by atoms with Crippen LogP contribution in [-0.4, -0.2) is 54.7 Å². The molecule has 4 aromatic rings. The van der Waals surface area contributed by atoms with Crippen LogP contribution < -0.4 is 4.57 Å². The summed E-state index contributed by atoms with van der Waals surface area (Å²) in [7, 11) is -8.33. The summed E-state index contributed by atoms with van der Waals surface area (Å²) in [6, 6.07) is 21.3. The number of halogens is 3. The molecule has 0 saturated carbocycles. The van der Waals surface area contributed by atoms with E-state index in [1.165, 1.54) is 12.1 Å². The maximum absolute atomic E-state index is 14.2. The predicted molar refractivity (Wildman–Crippen MR) is 154 cm³/mol. The first-order valence-electron chi connectivity index (χ1n) is 13.1. The van der Waals surface area contributed by atoms with Crippen molar-refractivity contribution in [3.8, 4) is 0 Å². The third kappa shape index (κ3) is 7.89. The first-order valence-corrected chi connectivity index (χ1v) is 16.0. The highest BCUT2D eigenvalue weighted by Gasteiger charge is 2.37. The molecule has 0 unspecified atom stereocenters. The van der Waals surface area contributed by atoms with Crippen molar-refractivity contribution in [3.63, 3.8) is 0 Å². The van der Waals surface area contributed by atoms with Gasteiger partial charge in [-0.05, 0) is 44.0 Å². The molecule has 0 aliphatic carbocycles. The molecule has 1 amide bonds. The number of carbonyl (C=O) groups is 2. The molecular weight excluding hydrogens is 625 g/mol. The zero-order valence-electron chi connectivity index (χ0n) is 23.6. The standard InChI is InChI=1S/C28H28N2O5S.CHF3O3S/c1-20-15-17-21(18-16-20)36(34,35)30(19-9-3-4-14-26(31)32)28(33)27-22-10-5-7-12-24(22)29(2)25-13-8-6-11-23(25)27;2-1(3,4)8(5,6)7/h5-8,10-13,15-18H,3-4,9,14,19H2,1-2H3;(H,5,6,7). The normalized spacial score (nSPS) is 12.0. The number of aryl methyl sites for hydroxylation is 2. The Hall–Kier alpha value is -4.08. The van der Waals surface area contributed by atoms with Crippen molar-refractivity contribution in [1.29, 1.82) is 0 Å². The van der Waals surface area contributed by atoms with Gasteiger partial charge >= 0.3 is 11.5 Å². The SMILES string of the molecule is Cc1ccc(S(=O)(=O)N(CCCCCC(=O)O)C(=O)c2c3ccccc3[n+](C)c3ccccc23)cc1.O=S(=O)([O-])C(F)(F)F. The number of carboxylic acids is 1. The number of hydrogen-bond donors (Lipinski definition) is 1. The van der Waals surface area contributed by atoms with Crippen molar-refractivity contribution in [2.45, 2.75) is 43.0 Å². The van der Waals surface area contributed by atoms with Gasteiger partial charge in [0, 0.05) is 25.1 Å². The van der Waals surface area contributed by atoms with Crippen LogP contribution in [0.5, 0.6) is 0 Å². The lowest BCUT2D eigenvalue weighted by molar-refractivity contribution is -0.617. The van der Waals surface area contributed by atoms with E-state index >= 15 is 0 Å². The first-order chi connectivity index (χ1) is 20.5. The van der Waals surface area contributed by atoms with E-state index in [2.05, 4.69) is 0 Å². The summed E-state index contributed by atoms with van der Waals surface area (Å²) in [5, 5.41) is 10.3. The molecule has 1 heterocycles. The van der Waals surface area contributed by atoms with E-state index in [1.54, 1.807) is 12.1 Å². The van der Waals surface area contributed by atoms with Gasteiger partial charge in [0.2, 0.25) is 11.0 Å². The molecule has 3 aromatic carbocycles. The number of aromatic nitrogens is 1. The molecule has 0 saturated heterocycles. The molecular formula is C29H29F3N2O8S2. The fraction of sp³-hybridized carbons (Fsp3) is 0.276. The lowest BCUT2D eigenvalue weighted by Crippen LogP contribution is -2.39. The van der Waals surface area contributed by atoms with E-state index in [0.717, 1.165) is 20.9 Å². The number of rotatable bonds is 9. The molecule has 1 N–H and O–H groups in total. The molecule has 0 aliphatic heterocycles. The number of amides is 1. The Balaban J connectivity index is 0.000000583. The van der Waals surface area contributed by atoms with Gasteiger partial charge in [0.1, 0.15) is 7.05 Å². The van der Waals surface area contributed by atoms with E-state index < -0.39 is 37.5 Å². The number of nitrogens with zero attached hydrogens (tertiary/aromatic N) is 2. The average molecular weight is 655 g/mol. The Kier molecular flexibility index (Phi) is 10.7. The number of alkyl halides is 3. The number of carboxylic acid groups (broad SMARTS) is 1. The maximum atomic E-state index is 14.2. The largest absolute Gasteiger partial charge is 0.741 e. The summed E-state index contributed by atoms with van der Waals surface area (Å²) in [6.45, 7) is 1.82. The Morgan fingerprint density at radius 3 is 1.77 bits per heavy atom. The van der Waals surface area contributed by atoms with Crippen molar-refractivity contribution >= 4 is 53.8 Å². The zero-order valence-corrected chi connectivity index (χ0v) is 25.2. The Morgan fingerprint density at radius 1 is 0.841 bits per heavy atom. The maximum Gasteiger partial charge on any atom is 0.485 e. The summed E-state index contributed by atoms with van der Waals surface area (Å²) < 4.78 is 89.4. The van der Waals surface area contributed by atoms with Gasteiger partial charge in [-0.15, -0.1) is 0 Å². The highest BCUT2D eigenvalue weighted by atomic mass is 32.2. The smallest absolute Gasteiger partial charge is 0.485 e. The van der Waals surface area contributed by atoms with Crippen LogP contribution in [0, 0.1) is 6.92 Å². The molecule has 10 nitrogen and oxygen atoms in total. The van der Waals surface area contributed by atoms with Gasteiger partial charge in [-0.1, -0.05) is 48.4 Å². The quantitative estimate of drug-likeness (QED) is 0.0900. The minimum absolute atomic E-state index is 0.00309. The van der Waals surface area contributed by atoms with Crippen LogP contribution >= 0.6 is 0 Å². The van der Waals surface area contributed by atoms with Gasteiger partial charge in [0.25, 0.3) is 15.9 Å². The number of unbranched alkanes of at least 4 members (excludes halogenated alkanes) is 2. The third-order valence-electron chi connectivity index (χ3n) is 6.65. The van der Waals surface area contributed by atoms with Crippen molar-refractivity contribution < 1.29 is 53.8 Å². The molecule has 1 aromatic heterocycles. The Bertz CT molecular complexity index is 1840. The van der Waals surface area contributed by atoms with Gasteiger partial charge in [-0.2, -0.15) is 17.7 Å². The number of carbonyl (C=O) groups excluding carboxylic acids is 1. The van der Waals surface area contributed by atoms with Crippen LogP contribution in [0.25, 0.3) is 21.8 Å². The molecule has 0 radical (unpaired) electrons. The molecule has 0 fully saturated rings. The van der Waals surface area contributed by atoms with Crippen LogP contribution in [0.2, 0.25) is 0 Å². The average Bonchev–Trinajstić information content (AvgIpc) is 2.94. The molecule has 15 heteroatoms. The summed E-state index contributed by atoms with van der Waals surface area (Å²) in [4.78, 5) is 25.1. The van der Waals surface area contributed by atoms with E-state index in [9.17, 15) is 31.2 Å². The highest BCUT2D eigenvalue weighted by molar-refractivity contribution is 7.89. The third-order valence-corrected chi connectivity index (χ3v) is 9.02. The number of pyridine rings is 1. The predicted octanol–water partition coefficient (Wildman–Crippen LogP) is 4.65. The number of sulfonamides is 1. The number of hydrogen-bond acceptors (Lipinski definition) is 7. The van der Waals surface area contributed by atoms with E-state index in [1.807, 2.05) is 67.1 Å². The summed E-state index contributed by atoms with van der Waals surface area (Å²) in [5.41, 5.74) is -2.77. The van der Waals surface area contributed by atoms with Gasteiger partial charge in [0.15, 0.2) is 10.1 Å².